The van der Waals surface area contributed by atoms with Crippen molar-refractivity contribution in [2.75, 3.05) is 19.8 Å². The molecule has 1 spiro atoms. The predicted molar refractivity (Wildman–Crippen MR) is 117 cm³/mol. The predicted octanol–water partition coefficient (Wildman–Crippen LogP) is 0.506. The van der Waals surface area contributed by atoms with Gasteiger partial charge in [0.05, 0.1) is 13.2 Å². The number of aliphatic hydroxyl groups is 2. The van der Waals surface area contributed by atoms with Crippen molar-refractivity contribution in [1.82, 2.24) is 0 Å². The molecule has 6 fully saturated rings. The summed E-state index contributed by atoms with van der Waals surface area (Å²) in [5, 5.41) is 21.9. The van der Waals surface area contributed by atoms with Crippen LogP contribution in [0.1, 0.15) is 54.4 Å². The molecule has 12 heteroatoms. The fourth-order valence-electron chi connectivity index (χ4n) is 5.98. The third-order valence-electron chi connectivity index (χ3n) is 7.87. The van der Waals surface area contributed by atoms with Crippen LogP contribution in [0.25, 0.3) is 0 Å². The number of ether oxygens (including phenoxy) is 10. The molecule has 12 nitrogen and oxygen atoms in total. The third-order valence-corrected chi connectivity index (χ3v) is 7.87. The zero-order valence-corrected chi connectivity index (χ0v) is 21.6. The molecule has 11 atom stereocenters. The van der Waals surface area contributed by atoms with E-state index < -0.39 is 78.0 Å². The molecule has 6 aliphatic heterocycles. The highest BCUT2D eigenvalue weighted by Gasteiger charge is 2.65. The molecule has 11 unspecified atom stereocenters. The van der Waals surface area contributed by atoms with E-state index in [4.69, 9.17) is 47.4 Å². The largest absolute Gasteiger partial charge is 0.387 e. The van der Waals surface area contributed by atoms with Crippen molar-refractivity contribution in [2.45, 2.75) is 132 Å². The molecule has 0 saturated carbocycles. The maximum Gasteiger partial charge on any atom is 0.224 e. The molecule has 0 amide bonds. The monoisotopic (exact) mass is 518 g/mol. The summed E-state index contributed by atoms with van der Waals surface area (Å²) in [4.78, 5) is 0. The summed E-state index contributed by atoms with van der Waals surface area (Å²) in [5.74, 6) is -4.88. The fourth-order valence-corrected chi connectivity index (χ4v) is 5.98. The topological polar surface area (TPSA) is 133 Å². The Hall–Kier alpha value is -0.480. The Labute approximate surface area is 210 Å². The van der Waals surface area contributed by atoms with Crippen LogP contribution in [0.15, 0.2) is 0 Å². The Kier molecular flexibility index (Phi) is 5.92. The molecule has 6 rings (SSSR count). The summed E-state index contributed by atoms with van der Waals surface area (Å²) in [6, 6.07) is 0. The smallest absolute Gasteiger partial charge is 0.224 e. The molecule has 6 heterocycles. The number of aliphatic hydroxyl groups excluding tert-OH is 2. The van der Waals surface area contributed by atoms with Crippen LogP contribution in [0.3, 0.4) is 0 Å². The summed E-state index contributed by atoms with van der Waals surface area (Å²) in [6.45, 7) is 11.5. The van der Waals surface area contributed by atoms with Crippen LogP contribution < -0.4 is 0 Å². The maximum atomic E-state index is 11.0. The van der Waals surface area contributed by atoms with E-state index in [2.05, 4.69) is 0 Å². The molecular weight excluding hydrogens is 480 g/mol. The molecular formula is C24H38O12. The molecule has 0 radical (unpaired) electrons. The van der Waals surface area contributed by atoms with Gasteiger partial charge in [0.25, 0.3) is 0 Å². The van der Waals surface area contributed by atoms with Crippen molar-refractivity contribution in [3.63, 3.8) is 0 Å². The number of hydrogen-bond donors (Lipinski definition) is 2. The van der Waals surface area contributed by atoms with Crippen molar-refractivity contribution in [2.24, 2.45) is 0 Å². The number of hydrogen-bond acceptors (Lipinski definition) is 12. The lowest BCUT2D eigenvalue weighted by Gasteiger charge is -2.41. The summed E-state index contributed by atoms with van der Waals surface area (Å²) in [7, 11) is 0. The van der Waals surface area contributed by atoms with Gasteiger partial charge in [-0.15, -0.1) is 0 Å². The van der Waals surface area contributed by atoms with Gasteiger partial charge in [-0.2, -0.15) is 0 Å². The van der Waals surface area contributed by atoms with E-state index in [0.717, 1.165) is 0 Å². The number of fused-ring (bicyclic) bond motifs is 2. The van der Waals surface area contributed by atoms with Gasteiger partial charge >= 0.3 is 0 Å². The fraction of sp³-hybridized carbons (Fsp3) is 1.00. The van der Waals surface area contributed by atoms with Gasteiger partial charge in [-0.25, -0.2) is 0 Å². The molecule has 0 aromatic heterocycles. The molecule has 6 saturated heterocycles. The Bertz CT molecular complexity index is 868. The molecule has 0 aromatic rings. The second-order valence-electron chi connectivity index (χ2n) is 11.9. The first-order chi connectivity index (χ1) is 16.7. The molecule has 6 aliphatic rings. The summed E-state index contributed by atoms with van der Waals surface area (Å²) in [5.41, 5.74) is 0. The third kappa shape index (κ3) is 4.33. The number of rotatable bonds is 4. The van der Waals surface area contributed by atoms with Crippen molar-refractivity contribution in [3.05, 3.63) is 0 Å². The van der Waals surface area contributed by atoms with Crippen LogP contribution in [0.5, 0.6) is 0 Å². The molecule has 0 aromatic carbocycles. The first-order valence-electron chi connectivity index (χ1n) is 12.7. The van der Waals surface area contributed by atoms with E-state index in [1.165, 1.54) is 0 Å². The lowest BCUT2D eigenvalue weighted by atomic mass is 10.0. The van der Waals surface area contributed by atoms with Crippen molar-refractivity contribution in [1.29, 1.82) is 0 Å². The van der Waals surface area contributed by atoms with Crippen molar-refractivity contribution < 1.29 is 57.6 Å². The van der Waals surface area contributed by atoms with E-state index in [1.54, 1.807) is 20.8 Å². The average Bonchev–Trinajstić information content (AvgIpc) is 3.54. The van der Waals surface area contributed by atoms with E-state index in [1.807, 2.05) is 20.8 Å². The van der Waals surface area contributed by atoms with Crippen molar-refractivity contribution >= 4 is 0 Å². The summed E-state index contributed by atoms with van der Waals surface area (Å²) >= 11 is 0. The van der Waals surface area contributed by atoms with E-state index in [-0.39, 0.29) is 13.2 Å². The summed E-state index contributed by atoms with van der Waals surface area (Å²) < 4.78 is 59.5. The lowest BCUT2D eigenvalue weighted by Crippen LogP contribution is -2.53. The van der Waals surface area contributed by atoms with E-state index >= 15 is 0 Å². The van der Waals surface area contributed by atoms with Gasteiger partial charge < -0.3 is 57.6 Å². The Morgan fingerprint density at radius 1 is 0.667 bits per heavy atom. The Morgan fingerprint density at radius 2 is 1.33 bits per heavy atom. The first-order valence-corrected chi connectivity index (χ1v) is 12.7. The quantitative estimate of drug-likeness (QED) is 0.537. The van der Waals surface area contributed by atoms with Crippen LogP contribution in [-0.4, -0.2) is 108 Å². The zero-order valence-electron chi connectivity index (χ0n) is 21.6. The molecule has 0 bridgehead atoms. The Morgan fingerprint density at radius 3 is 1.97 bits per heavy atom. The van der Waals surface area contributed by atoms with Crippen LogP contribution in [0.4, 0.5) is 0 Å². The second-order valence-corrected chi connectivity index (χ2v) is 11.9. The van der Waals surface area contributed by atoms with Crippen LogP contribution in [-0.2, 0) is 47.4 Å². The highest BCUT2D eigenvalue weighted by Crippen LogP contribution is 2.47. The average molecular weight is 519 g/mol. The lowest BCUT2D eigenvalue weighted by molar-refractivity contribution is -0.321. The Balaban J connectivity index is 1.05. The van der Waals surface area contributed by atoms with Crippen LogP contribution in [0.2, 0.25) is 0 Å². The normalized spacial score (nSPS) is 55.3. The highest BCUT2D eigenvalue weighted by atomic mass is 16.9. The minimum absolute atomic E-state index is 0.107. The molecule has 2 N–H and O–H groups in total. The van der Waals surface area contributed by atoms with E-state index in [9.17, 15) is 10.2 Å². The van der Waals surface area contributed by atoms with Gasteiger partial charge in [0, 0.05) is 12.8 Å². The maximum absolute atomic E-state index is 11.0. The van der Waals surface area contributed by atoms with E-state index in [0.29, 0.717) is 19.4 Å². The molecule has 206 valence electrons. The van der Waals surface area contributed by atoms with Gasteiger partial charge in [-0.05, 0) is 41.5 Å². The molecule has 36 heavy (non-hydrogen) atoms. The van der Waals surface area contributed by atoms with Crippen molar-refractivity contribution in [3.8, 4) is 0 Å². The van der Waals surface area contributed by atoms with Gasteiger partial charge in [0.1, 0.15) is 49.3 Å². The highest BCUT2D eigenvalue weighted by molar-refractivity contribution is 5.03. The zero-order chi connectivity index (χ0) is 25.7. The van der Waals surface area contributed by atoms with Gasteiger partial charge in [0.15, 0.2) is 29.4 Å². The minimum Gasteiger partial charge on any atom is -0.387 e. The molecule has 0 aliphatic carbocycles. The van der Waals surface area contributed by atoms with Crippen LogP contribution >= 0.6 is 0 Å². The van der Waals surface area contributed by atoms with Gasteiger partial charge in [-0.3, -0.25) is 0 Å². The minimum atomic E-state index is -1.28. The standard InChI is InChI=1S/C24H38O12/c1-20(2)27-9-12(31-20)15-14(25)17-19(30-15)35-23(6,34-17)8-7-22(5)28-10-13-16(33-22)18(26)24(32-13)11-29-21(3,4)36-24/h12-19,25-26H,7-11H2,1-6H3. The SMILES string of the molecule is CC1(C)OCC(C2OC3OC(C)(CCC4(C)OCC5OC6(COC(C)(C)O6)C(O)C5O4)OC3C2O)O1. The van der Waals surface area contributed by atoms with Gasteiger partial charge in [0.2, 0.25) is 5.79 Å². The van der Waals surface area contributed by atoms with Crippen LogP contribution in [0, 0.1) is 0 Å². The first kappa shape index (κ1) is 25.8. The van der Waals surface area contributed by atoms with Gasteiger partial charge in [-0.1, -0.05) is 0 Å². The second kappa shape index (κ2) is 8.26. The summed E-state index contributed by atoms with van der Waals surface area (Å²) in [6.07, 6.45) is -4.64.